The maximum Gasteiger partial charge on any atom is 0.154 e. The normalized spacial score (nSPS) is 24.0. The van der Waals surface area contributed by atoms with E-state index < -0.39 is 0 Å². The first kappa shape index (κ1) is 8.75. The summed E-state index contributed by atoms with van der Waals surface area (Å²) < 4.78 is 5.32. The van der Waals surface area contributed by atoms with Crippen molar-refractivity contribution < 1.29 is 4.52 Å². The Morgan fingerprint density at radius 3 is 3.08 bits per heavy atom. The highest BCUT2D eigenvalue weighted by Gasteiger charge is 2.25. The average Bonchev–Trinajstić information content (AvgIpc) is 2.71. The second kappa shape index (κ2) is 3.50. The molecule has 1 fully saturated rings. The lowest BCUT2D eigenvalue weighted by Gasteiger charge is -2.15. The van der Waals surface area contributed by atoms with Crippen LogP contribution in [-0.2, 0) is 6.42 Å². The summed E-state index contributed by atoms with van der Waals surface area (Å²) in [7, 11) is 2.14. The van der Waals surface area contributed by atoms with Crippen LogP contribution in [0.4, 0.5) is 0 Å². The van der Waals surface area contributed by atoms with Gasteiger partial charge >= 0.3 is 0 Å². The van der Waals surface area contributed by atoms with Gasteiger partial charge in [-0.3, -0.25) is 4.90 Å². The Bertz CT molecular complexity index is 282. The molecule has 0 aromatic carbocycles. The molecule has 13 heavy (non-hydrogen) atoms. The smallest absolute Gasteiger partial charge is 0.154 e. The van der Waals surface area contributed by atoms with Crippen LogP contribution in [0.2, 0.25) is 0 Å². The molecule has 0 unspecified atom stereocenters. The molecular weight excluding hydrogens is 164 g/mol. The zero-order valence-corrected chi connectivity index (χ0v) is 8.29. The number of hydrogen-bond donors (Lipinski definition) is 0. The number of likely N-dealkylation sites (tertiary alicyclic amines) is 1. The summed E-state index contributed by atoms with van der Waals surface area (Å²) in [5.74, 6) is 1.04. The van der Waals surface area contributed by atoms with Crippen molar-refractivity contribution in [2.24, 2.45) is 0 Å². The molecular formula is C10H16N2O. The molecule has 3 nitrogen and oxygen atoms in total. The third kappa shape index (κ3) is 1.61. The molecule has 0 N–H and O–H groups in total. The minimum Gasteiger partial charge on any atom is -0.359 e. The zero-order chi connectivity index (χ0) is 9.26. The molecule has 1 aliphatic rings. The Morgan fingerprint density at radius 1 is 1.69 bits per heavy atom. The van der Waals surface area contributed by atoms with Crippen molar-refractivity contribution in [3.05, 3.63) is 17.5 Å². The Hall–Kier alpha value is -0.830. The van der Waals surface area contributed by atoms with Crippen molar-refractivity contribution in [2.45, 2.75) is 32.2 Å². The quantitative estimate of drug-likeness (QED) is 0.697. The monoisotopic (exact) mass is 180 g/mol. The van der Waals surface area contributed by atoms with Gasteiger partial charge in [0.2, 0.25) is 0 Å². The molecule has 0 bridgehead atoms. The lowest BCUT2D eigenvalue weighted by atomic mass is 10.1. The number of nitrogens with zero attached hydrogens (tertiary/aromatic N) is 2. The minimum absolute atomic E-state index is 0.466. The van der Waals surface area contributed by atoms with E-state index in [2.05, 4.69) is 30.1 Å². The van der Waals surface area contributed by atoms with E-state index in [0.717, 1.165) is 17.9 Å². The van der Waals surface area contributed by atoms with Crippen molar-refractivity contribution in [1.82, 2.24) is 10.1 Å². The lowest BCUT2D eigenvalue weighted by molar-refractivity contribution is 0.251. The van der Waals surface area contributed by atoms with E-state index in [0.29, 0.717) is 6.04 Å². The predicted molar refractivity (Wildman–Crippen MR) is 50.5 cm³/mol. The highest BCUT2D eigenvalue weighted by Crippen LogP contribution is 2.30. The highest BCUT2D eigenvalue weighted by atomic mass is 16.5. The second-order valence-electron chi connectivity index (χ2n) is 3.71. The Labute approximate surface area is 78.7 Å². The maximum absolute atomic E-state index is 5.32. The van der Waals surface area contributed by atoms with Gasteiger partial charge in [-0.25, -0.2) is 0 Å². The lowest BCUT2D eigenvalue weighted by Crippen LogP contribution is -2.16. The van der Waals surface area contributed by atoms with Gasteiger partial charge in [0.1, 0.15) is 0 Å². The summed E-state index contributed by atoms with van der Waals surface area (Å²) in [5.41, 5.74) is 1.07. The molecule has 1 atom stereocenters. The highest BCUT2D eigenvalue weighted by molar-refractivity contribution is 5.10. The van der Waals surface area contributed by atoms with Gasteiger partial charge in [0, 0.05) is 6.07 Å². The molecule has 1 aromatic rings. The van der Waals surface area contributed by atoms with E-state index in [1.807, 2.05) is 0 Å². The summed E-state index contributed by atoms with van der Waals surface area (Å²) in [6, 6.07) is 2.56. The Kier molecular flexibility index (Phi) is 2.36. The molecule has 2 heterocycles. The number of hydrogen-bond acceptors (Lipinski definition) is 3. The first-order valence-corrected chi connectivity index (χ1v) is 4.97. The molecule has 1 saturated heterocycles. The van der Waals surface area contributed by atoms with Gasteiger partial charge in [0.05, 0.1) is 11.7 Å². The van der Waals surface area contributed by atoms with E-state index in [1.54, 1.807) is 0 Å². The first-order valence-electron chi connectivity index (χ1n) is 4.97. The summed E-state index contributed by atoms with van der Waals surface area (Å²) >= 11 is 0. The molecule has 1 aliphatic heterocycles. The third-order valence-electron chi connectivity index (χ3n) is 2.79. The summed E-state index contributed by atoms with van der Waals surface area (Å²) in [4.78, 5) is 2.33. The number of aromatic nitrogens is 1. The van der Waals surface area contributed by atoms with E-state index >= 15 is 0 Å². The van der Waals surface area contributed by atoms with Crippen LogP contribution >= 0.6 is 0 Å². The standard InChI is InChI=1S/C10H16N2O/c1-3-8-7-10(13-11-8)9-5-4-6-12(9)2/h7,9H,3-6H2,1-2H3/t9-/m1/s1. The van der Waals surface area contributed by atoms with Crippen LogP contribution in [0.1, 0.15) is 37.3 Å². The van der Waals surface area contributed by atoms with Gasteiger partial charge < -0.3 is 4.52 Å². The molecule has 1 aromatic heterocycles. The summed E-state index contributed by atoms with van der Waals surface area (Å²) in [6.45, 7) is 3.27. The van der Waals surface area contributed by atoms with Crippen molar-refractivity contribution in [3.63, 3.8) is 0 Å². The number of rotatable bonds is 2. The van der Waals surface area contributed by atoms with Crippen LogP contribution in [0.5, 0.6) is 0 Å². The van der Waals surface area contributed by atoms with E-state index in [-0.39, 0.29) is 0 Å². The van der Waals surface area contributed by atoms with Gasteiger partial charge in [-0.2, -0.15) is 0 Å². The maximum atomic E-state index is 5.32. The van der Waals surface area contributed by atoms with Crippen LogP contribution in [0.3, 0.4) is 0 Å². The van der Waals surface area contributed by atoms with Crippen molar-refractivity contribution in [2.75, 3.05) is 13.6 Å². The fourth-order valence-corrected chi connectivity index (χ4v) is 1.92. The SMILES string of the molecule is CCc1cc([C@H]2CCCN2C)on1. The molecule has 3 heteroatoms. The van der Waals surface area contributed by atoms with Gasteiger partial charge in [-0.05, 0) is 32.9 Å². The Balaban J connectivity index is 2.15. The van der Waals surface area contributed by atoms with Crippen LogP contribution in [0.25, 0.3) is 0 Å². The topological polar surface area (TPSA) is 29.3 Å². The molecule has 0 saturated carbocycles. The van der Waals surface area contributed by atoms with E-state index in [1.165, 1.54) is 19.4 Å². The van der Waals surface area contributed by atoms with Crippen LogP contribution in [0.15, 0.2) is 10.6 Å². The summed E-state index contributed by atoms with van der Waals surface area (Å²) in [6.07, 6.45) is 3.43. The molecule has 72 valence electrons. The average molecular weight is 180 g/mol. The van der Waals surface area contributed by atoms with Crippen molar-refractivity contribution >= 4 is 0 Å². The Morgan fingerprint density at radius 2 is 2.54 bits per heavy atom. The zero-order valence-electron chi connectivity index (χ0n) is 8.29. The van der Waals surface area contributed by atoms with Gasteiger partial charge in [0.25, 0.3) is 0 Å². The van der Waals surface area contributed by atoms with Crippen molar-refractivity contribution in [3.8, 4) is 0 Å². The van der Waals surface area contributed by atoms with E-state index in [4.69, 9.17) is 4.52 Å². The van der Waals surface area contributed by atoms with Gasteiger partial charge in [-0.15, -0.1) is 0 Å². The van der Waals surface area contributed by atoms with Crippen LogP contribution < -0.4 is 0 Å². The van der Waals surface area contributed by atoms with Gasteiger partial charge in [0.15, 0.2) is 5.76 Å². The first-order chi connectivity index (χ1) is 6.31. The fourth-order valence-electron chi connectivity index (χ4n) is 1.92. The molecule has 0 radical (unpaired) electrons. The fraction of sp³-hybridized carbons (Fsp3) is 0.700. The van der Waals surface area contributed by atoms with Gasteiger partial charge in [-0.1, -0.05) is 12.1 Å². The second-order valence-corrected chi connectivity index (χ2v) is 3.71. The predicted octanol–water partition coefficient (Wildman–Crippen LogP) is 2.00. The molecule has 0 aliphatic carbocycles. The van der Waals surface area contributed by atoms with Crippen LogP contribution in [-0.4, -0.2) is 23.6 Å². The summed E-state index contributed by atoms with van der Waals surface area (Å²) in [5, 5.41) is 4.01. The number of aryl methyl sites for hydroxylation is 1. The molecule has 0 amide bonds. The van der Waals surface area contributed by atoms with E-state index in [9.17, 15) is 0 Å². The molecule has 0 spiro atoms. The molecule has 2 rings (SSSR count). The minimum atomic E-state index is 0.466. The third-order valence-corrected chi connectivity index (χ3v) is 2.79. The van der Waals surface area contributed by atoms with Crippen molar-refractivity contribution in [1.29, 1.82) is 0 Å². The van der Waals surface area contributed by atoms with Crippen LogP contribution in [0, 0.1) is 0 Å². The largest absolute Gasteiger partial charge is 0.359 e.